The molecule has 0 spiro atoms. The average Bonchev–Trinajstić information content (AvgIpc) is 2.85. The second kappa shape index (κ2) is 7.00. The molecule has 1 N–H and O–H groups in total. The molecule has 0 aliphatic rings. The monoisotopic (exact) mass is 351 g/mol. The highest BCUT2D eigenvalue weighted by Gasteiger charge is 2.18. The van der Waals surface area contributed by atoms with Gasteiger partial charge < -0.3 is 5.11 Å². The Morgan fingerprint density at radius 2 is 1.95 bits per heavy atom. The van der Waals surface area contributed by atoms with Gasteiger partial charge in [0.2, 0.25) is 0 Å². The Morgan fingerprint density at radius 3 is 2.60 bits per heavy atom. The van der Waals surface area contributed by atoms with Gasteiger partial charge in [-0.1, -0.05) is 46.6 Å². The third-order valence-electron chi connectivity index (χ3n) is 2.70. The van der Waals surface area contributed by atoms with E-state index < -0.39 is 0 Å². The van der Waals surface area contributed by atoms with Crippen molar-refractivity contribution in [2.45, 2.75) is 18.0 Å². The standard InChI is InChI=1S/C12H12Cl3N3OS/c1-20-12-17-16-9(3-2-6-19)18(12)8-5-4-7(13)10(14)11(8)15/h4-5,19H,2-3,6H2,1H3. The van der Waals surface area contributed by atoms with Crippen LogP contribution in [0.1, 0.15) is 12.2 Å². The van der Waals surface area contributed by atoms with Gasteiger partial charge in [-0.15, -0.1) is 10.2 Å². The minimum Gasteiger partial charge on any atom is -0.396 e. The third kappa shape index (κ3) is 3.07. The predicted molar refractivity (Wildman–Crippen MR) is 83.6 cm³/mol. The lowest BCUT2D eigenvalue weighted by molar-refractivity contribution is 0.287. The van der Waals surface area contributed by atoms with Crippen LogP contribution in [0.4, 0.5) is 0 Å². The second-order valence-electron chi connectivity index (χ2n) is 3.96. The predicted octanol–water partition coefficient (Wildman–Crippen LogP) is 3.87. The van der Waals surface area contributed by atoms with E-state index in [-0.39, 0.29) is 6.61 Å². The molecule has 0 atom stereocenters. The molecule has 0 fully saturated rings. The van der Waals surface area contributed by atoms with E-state index in [9.17, 15) is 0 Å². The summed E-state index contributed by atoms with van der Waals surface area (Å²) in [5.74, 6) is 0.726. The zero-order valence-corrected chi connectivity index (χ0v) is 13.7. The van der Waals surface area contributed by atoms with Gasteiger partial charge in [-0.3, -0.25) is 4.57 Å². The summed E-state index contributed by atoms with van der Waals surface area (Å²) in [6, 6.07) is 3.47. The molecule has 20 heavy (non-hydrogen) atoms. The van der Waals surface area contributed by atoms with E-state index in [1.807, 2.05) is 10.8 Å². The maximum absolute atomic E-state index is 8.96. The van der Waals surface area contributed by atoms with Crippen LogP contribution >= 0.6 is 46.6 Å². The van der Waals surface area contributed by atoms with Crippen LogP contribution in [0.3, 0.4) is 0 Å². The van der Waals surface area contributed by atoms with E-state index in [1.165, 1.54) is 11.8 Å². The van der Waals surface area contributed by atoms with E-state index >= 15 is 0 Å². The number of hydrogen-bond acceptors (Lipinski definition) is 4. The molecular weight excluding hydrogens is 341 g/mol. The van der Waals surface area contributed by atoms with Crippen LogP contribution in [-0.4, -0.2) is 32.7 Å². The summed E-state index contributed by atoms with van der Waals surface area (Å²) in [6.07, 6.45) is 3.11. The number of nitrogens with zero attached hydrogens (tertiary/aromatic N) is 3. The number of hydrogen-bond donors (Lipinski definition) is 1. The van der Waals surface area contributed by atoms with Gasteiger partial charge in [0.25, 0.3) is 0 Å². The molecule has 0 aliphatic carbocycles. The smallest absolute Gasteiger partial charge is 0.195 e. The lowest BCUT2D eigenvalue weighted by Gasteiger charge is -2.12. The zero-order chi connectivity index (χ0) is 14.7. The largest absolute Gasteiger partial charge is 0.396 e. The molecule has 0 amide bonds. The molecule has 0 saturated heterocycles. The molecular formula is C12H12Cl3N3OS. The van der Waals surface area contributed by atoms with Gasteiger partial charge in [0, 0.05) is 13.0 Å². The van der Waals surface area contributed by atoms with Gasteiger partial charge >= 0.3 is 0 Å². The van der Waals surface area contributed by atoms with Gasteiger partial charge in [-0.2, -0.15) is 0 Å². The second-order valence-corrected chi connectivity index (χ2v) is 5.90. The first-order valence-corrected chi connectivity index (χ1v) is 8.19. The number of benzene rings is 1. The number of halogens is 3. The minimum absolute atomic E-state index is 0.0938. The molecule has 108 valence electrons. The highest BCUT2D eigenvalue weighted by molar-refractivity contribution is 7.98. The number of aliphatic hydroxyl groups excluding tert-OH is 1. The lowest BCUT2D eigenvalue weighted by Crippen LogP contribution is -2.04. The Balaban J connectivity index is 2.56. The van der Waals surface area contributed by atoms with E-state index in [0.29, 0.717) is 38.8 Å². The summed E-state index contributed by atoms with van der Waals surface area (Å²) in [4.78, 5) is 0. The molecule has 2 rings (SSSR count). The van der Waals surface area contributed by atoms with Crippen molar-refractivity contribution in [2.75, 3.05) is 12.9 Å². The van der Waals surface area contributed by atoms with E-state index in [0.717, 1.165) is 5.82 Å². The molecule has 8 heteroatoms. The summed E-state index contributed by atoms with van der Waals surface area (Å²) < 4.78 is 1.84. The fourth-order valence-corrected chi connectivity index (χ4v) is 2.89. The van der Waals surface area contributed by atoms with Gasteiger partial charge in [0.1, 0.15) is 5.82 Å². The van der Waals surface area contributed by atoms with Gasteiger partial charge in [-0.05, 0) is 24.8 Å². The molecule has 1 aromatic heterocycles. The Bertz CT molecular complexity index is 618. The Labute approximate surface area is 136 Å². The molecule has 0 unspecified atom stereocenters. The summed E-state index contributed by atoms with van der Waals surface area (Å²) >= 11 is 19.8. The maximum atomic E-state index is 8.96. The van der Waals surface area contributed by atoms with Gasteiger partial charge in [0.05, 0.1) is 20.8 Å². The highest BCUT2D eigenvalue weighted by Crippen LogP contribution is 2.36. The van der Waals surface area contributed by atoms with Crippen molar-refractivity contribution in [3.05, 3.63) is 33.0 Å². The fraction of sp³-hybridized carbons (Fsp3) is 0.333. The molecule has 1 heterocycles. The van der Waals surface area contributed by atoms with Crippen LogP contribution in [0.5, 0.6) is 0 Å². The number of aryl methyl sites for hydroxylation is 1. The molecule has 0 bridgehead atoms. The number of aliphatic hydroxyl groups is 1. The van der Waals surface area contributed by atoms with Crippen molar-refractivity contribution < 1.29 is 5.11 Å². The van der Waals surface area contributed by atoms with Crippen LogP contribution in [0.15, 0.2) is 17.3 Å². The number of aromatic nitrogens is 3. The highest BCUT2D eigenvalue weighted by atomic mass is 35.5. The first-order valence-electron chi connectivity index (χ1n) is 5.83. The Hall–Kier alpha value is -0.460. The van der Waals surface area contributed by atoms with Gasteiger partial charge in [-0.25, -0.2) is 0 Å². The van der Waals surface area contributed by atoms with E-state index in [2.05, 4.69) is 10.2 Å². The van der Waals surface area contributed by atoms with Crippen LogP contribution < -0.4 is 0 Å². The normalized spacial score (nSPS) is 11.1. The van der Waals surface area contributed by atoms with E-state index in [4.69, 9.17) is 39.9 Å². The average molecular weight is 353 g/mol. The zero-order valence-electron chi connectivity index (χ0n) is 10.6. The molecule has 0 saturated carbocycles. The molecule has 0 radical (unpaired) electrons. The molecule has 2 aromatic rings. The molecule has 0 aliphatic heterocycles. The topological polar surface area (TPSA) is 50.9 Å². The summed E-state index contributed by atoms with van der Waals surface area (Å²) in [5.41, 5.74) is 0.684. The maximum Gasteiger partial charge on any atom is 0.195 e. The fourth-order valence-electron chi connectivity index (χ4n) is 1.76. The quantitative estimate of drug-likeness (QED) is 0.655. The molecule has 4 nitrogen and oxygen atoms in total. The first-order chi connectivity index (χ1) is 9.60. The molecule has 1 aromatic carbocycles. The van der Waals surface area contributed by atoms with Crippen molar-refractivity contribution in [1.29, 1.82) is 0 Å². The van der Waals surface area contributed by atoms with Crippen LogP contribution in [-0.2, 0) is 6.42 Å². The van der Waals surface area contributed by atoms with Crippen molar-refractivity contribution >= 4 is 46.6 Å². The summed E-state index contributed by atoms with van der Waals surface area (Å²) in [6.45, 7) is 0.0938. The summed E-state index contributed by atoms with van der Waals surface area (Å²) in [5, 5.41) is 19.0. The summed E-state index contributed by atoms with van der Waals surface area (Å²) in [7, 11) is 0. The minimum atomic E-state index is 0.0938. The van der Waals surface area contributed by atoms with E-state index in [1.54, 1.807) is 12.1 Å². The SMILES string of the molecule is CSc1nnc(CCCO)n1-c1ccc(Cl)c(Cl)c1Cl. The van der Waals surface area contributed by atoms with Crippen LogP contribution in [0, 0.1) is 0 Å². The lowest BCUT2D eigenvalue weighted by atomic mass is 10.2. The first kappa shape index (κ1) is 15.9. The Kier molecular flexibility index (Phi) is 5.57. The number of rotatable bonds is 5. The van der Waals surface area contributed by atoms with Crippen molar-refractivity contribution in [3.63, 3.8) is 0 Å². The Morgan fingerprint density at radius 1 is 1.20 bits per heavy atom. The third-order valence-corrected chi connectivity index (χ3v) is 4.61. The van der Waals surface area contributed by atoms with Crippen molar-refractivity contribution in [3.8, 4) is 5.69 Å². The number of thioether (sulfide) groups is 1. The van der Waals surface area contributed by atoms with Crippen LogP contribution in [0.2, 0.25) is 15.1 Å². The van der Waals surface area contributed by atoms with Crippen LogP contribution in [0.25, 0.3) is 5.69 Å². The van der Waals surface area contributed by atoms with Crippen molar-refractivity contribution in [1.82, 2.24) is 14.8 Å². The van der Waals surface area contributed by atoms with Crippen molar-refractivity contribution in [2.24, 2.45) is 0 Å². The van der Waals surface area contributed by atoms with Gasteiger partial charge in [0.15, 0.2) is 5.16 Å².